The SMILES string of the molecule is CC(C)OC(=O)Nc1cc(C(=O)O)[nH]n1. The number of amides is 1. The quantitative estimate of drug-likeness (QED) is 0.696. The van der Waals surface area contributed by atoms with Gasteiger partial charge in [-0.15, -0.1) is 0 Å². The van der Waals surface area contributed by atoms with Crippen LogP contribution in [-0.2, 0) is 4.74 Å². The monoisotopic (exact) mass is 213 g/mol. The summed E-state index contributed by atoms with van der Waals surface area (Å²) >= 11 is 0. The Bertz CT molecular complexity index is 372. The van der Waals surface area contributed by atoms with Crippen molar-refractivity contribution in [2.75, 3.05) is 5.32 Å². The van der Waals surface area contributed by atoms with Crippen molar-refractivity contribution in [2.45, 2.75) is 20.0 Å². The number of carbonyl (C=O) groups excluding carboxylic acids is 1. The van der Waals surface area contributed by atoms with Crippen LogP contribution in [0.25, 0.3) is 0 Å². The van der Waals surface area contributed by atoms with Crippen LogP contribution in [0.3, 0.4) is 0 Å². The van der Waals surface area contributed by atoms with Crippen LogP contribution in [0, 0.1) is 0 Å². The minimum Gasteiger partial charge on any atom is -0.477 e. The van der Waals surface area contributed by atoms with E-state index in [1.165, 1.54) is 6.07 Å². The third-order valence-corrected chi connectivity index (χ3v) is 1.38. The number of carboxylic acids is 1. The second-order valence-electron chi connectivity index (χ2n) is 3.05. The first kappa shape index (κ1) is 11.0. The highest BCUT2D eigenvalue weighted by molar-refractivity contribution is 5.89. The summed E-state index contributed by atoms with van der Waals surface area (Å²) in [5, 5.41) is 16.7. The lowest BCUT2D eigenvalue weighted by Gasteiger charge is -2.06. The summed E-state index contributed by atoms with van der Waals surface area (Å²) in [5.74, 6) is -1.04. The fraction of sp³-hybridized carbons (Fsp3) is 0.375. The first-order valence-electron chi connectivity index (χ1n) is 4.25. The number of rotatable bonds is 3. The van der Waals surface area contributed by atoms with Crippen molar-refractivity contribution in [2.24, 2.45) is 0 Å². The summed E-state index contributed by atoms with van der Waals surface area (Å²) in [5.41, 5.74) is -0.102. The number of nitrogens with one attached hydrogen (secondary N) is 2. The van der Waals surface area contributed by atoms with Gasteiger partial charge in [-0.2, -0.15) is 5.10 Å². The zero-order chi connectivity index (χ0) is 11.4. The largest absolute Gasteiger partial charge is 0.477 e. The lowest BCUT2D eigenvalue weighted by molar-refractivity contribution is 0.0690. The molecule has 82 valence electrons. The predicted octanol–water partition coefficient (Wildman–Crippen LogP) is 1.06. The Morgan fingerprint density at radius 1 is 1.60 bits per heavy atom. The maximum Gasteiger partial charge on any atom is 0.413 e. The zero-order valence-electron chi connectivity index (χ0n) is 8.27. The van der Waals surface area contributed by atoms with Gasteiger partial charge in [0.2, 0.25) is 0 Å². The van der Waals surface area contributed by atoms with Gasteiger partial charge in [0.1, 0.15) is 5.69 Å². The van der Waals surface area contributed by atoms with Crippen molar-refractivity contribution < 1.29 is 19.4 Å². The average Bonchev–Trinajstić information content (AvgIpc) is 2.50. The molecule has 0 unspecified atom stereocenters. The van der Waals surface area contributed by atoms with Gasteiger partial charge in [0, 0.05) is 6.07 Å². The Kier molecular flexibility index (Phi) is 3.27. The number of ether oxygens (including phenoxy) is 1. The molecular formula is C8H11N3O4. The Morgan fingerprint density at radius 2 is 2.27 bits per heavy atom. The van der Waals surface area contributed by atoms with Crippen molar-refractivity contribution in [3.63, 3.8) is 0 Å². The van der Waals surface area contributed by atoms with Crippen LogP contribution in [-0.4, -0.2) is 33.5 Å². The molecule has 3 N–H and O–H groups in total. The molecule has 0 aromatic carbocycles. The van der Waals surface area contributed by atoms with E-state index in [0.717, 1.165) is 0 Å². The maximum absolute atomic E-state index is 11.1. The van der Waals surface area contributed by atoms with Crippen LogP contribution in [0.5, 0.6) is 0 Å². The number of carbonyl (C=O) groups is 2. The molecule has 1 rings (SSSR count). The smallest absolute Gasteiger partial charge is 0.413 e. The van der Waals surface area contributed by atoms with Crippen LogP contribution < -0.4 is 5.32 Å². The Labute approximate surface area is 85.4 Å². The molecule has 0 aliphatic heterocycles. The fourth-order valence-corrected chi connectivity index (χ4v) is 0.843. The molecule has 1 aromatic rings. The Hall–Kier alpha value is -2.05. The lowest BCUT2D eigenvalue weighted by Crippen LogP contribution is -2.18. The van der Waals surface area contributed by atoms with Gasteiger partial charge < -0.3 is 9.84 Å². The second kappa shape index (κ2) is 4.45. The van der Waals surface area contributed by atoms with E-state index in [4.69, 9.17) is 9.84 Å². The summed E-state index contributed by atoms with van der Waals surface area (Å²) in [4.78, 5) is 21.5. The van der Waals surface area contributed by atoms with E-state index in [9.17, 15) is 9.59 Å². The minimum absolute atomic E-state index is 0.102. The van der Waals surface area contributed by atoms with Gasteiger partial charge in [0.25, 0.3) is 0 Å². The number of hydrogen-bond donors (Lipinski definition) is 3. The number of anilines is 1. The summed E-state index contributed by atoms with van der Waals surface area (Å²) in [7, 11) is 0. The summed E-state index contributed by atoms with van der Waals surface area (Å²) in [6.07, 6.45) is -0.920. The van der Waals surface area contributed by atoms with Crippen LogP contribution >= 0.6 is 0 Å². The second-order valence-corrected chi connectivity index (χ2v) is 3.05. The molecule has 1 heterocycles. The molecule has 0 saturated carbocycles. The molecule has 0 atom stereocenters. The molecule has 0 aliphatic carbocycles. The molecule has 0 bridgehead atoms. The van der Waals surface area contributed by atoms with E-state index in [0.29, 0.717) is 0 Å². The van der Waals surface area contributed by atoms with Gasteiger partial charge >= 0.3 is 12.1 Å². The highest BCUT2D eigenvalue weighted by Crippen LogP contribution is 2.05. The van der Waals surface area contributed by atoms with Crippen molar-refractivity contribution >= 4 is 17.9 Å². The molecule has 0 spiro atoms. The maximum atomic E-state index is 11.1. The molecular weight excluding hydrogens is 202 g/mol. The van der Waals surface area contributed by atoms with Crippen LogP contribution in [0.4, 0.5) is 10.6 Å². The lowest BCUT2D eigenvalue weighted by atomic mass is 10.4. The van der Waals surface area contributed by atoms with Crippen molar-refractivity contribution in [1.29, 1.82) is 0 Å². The Balaban J connectivity index is 2.57. The average molecular weight is 213 g/mol. The number of carboxylic acid groups (broad SMARTS) is 1. The minimum atomic E-state index is -1.15. The van der Waals surface area contributed by atoms with Gasteiger partial charge in [-0.3, -0.25) is 10.4 Å². The molecule has 1 aromatic heterocycles. The number of aromatic nitrogens is 2. The standard InChI is InChI=1S/C8H11N3O4/c1-4(2)15-8(14)9-6-3-5(7(12)13)10-11-6/h3-4H,1-2H3,(H,12,13)(H2,9,10,11,14). The van der Waals surface area contributed by atoms with E-state index in [-0.39, 0.29) is 17.6 Å². The highest BCUT2D eigenvalue weighted by Gasteiger charge is 2.11. The van der Waals surface area contributed by atoms with Crippen LogP contribution in [0.1, 0.15) is 24.3 Å². The van der Waals surface area contributed by atoms with Crippen LogP contribution in [0.15, 0.2) is 6.07 Å². The number of H-pyrrole nitrogens is 1. The number of aromatic carboxylic acids is 1. The van der Waals surface area contributed by atoms with Crippen molar-refractivity contribution in [3.8, 4) is 0 Å². The highest BCUT2D eigenvalue weighted by atomic mass is 16.6. The van der Waals surface area contributed by atoms with Gasteiger partial charge in [0.15, 0.2) is 5.82 Å². The number of aromatic amines is 1. The van der Waals surface area contributed by atoms with Gasteiger partial charge in [-0.05, 0) is 13.8 Å². The molecule has 7 heteroatoms. The predicted molar refractivity (Wildman–Crippen MR) is 50.8 cm³/mol. The normalized spacial score (nSPS) is 10.1. The third kappa shape index (κ3) is 3.29. The number of hydrogen-bond acceptors (Lipinski definition) is 4. The molecule has 7 nitrogen and oxygen atoms in total. The van der Waals surface area contributed by atoms with Crippen molar-refractivity contribution in [1.82, 2.24) is 10.2 Å². The van der Waals surface area contributed by atoms with E-state index >= 15 is 0 Å². The first-order chi connectivity index (χ1) is 6.99. The molecule has 0 radical (unpaired) electrons. The summed E-state index contributed by atoms with van der Waals surface area (Å²) in [6.45, 7) is 3.40. The van der Waals surface area contributed by atoms with E-state index in [2.05, 4.69) is 15.5 Å². The third-order valence-electron chi connectivity index (χ3n) is 1.38. The zero-order valence-corrected chi connectivity index (χ0v) is 8.27. The van der Waals surface area contributed by atoms with E-state index < -0.39 is 12.1 Å². The molecule has 15 heavy (non-hydrogen) atoms. The van der Waals surface area contributed by atoms with Gasteiger partial charge in [0.05, 0.1) is 6.10 Å². The number of nitrogens with zero attached hydrogens (tertiary/aromatic N) is 1. The topological polar surface area (TPSA) is 104 Å². The summed E-state index contributed by atoms with van der Waals surface area (Å²) in [6, 6.07) is 1.20. The Morgan fingerprint density at radius 3 is 2.73 bits per heavy atom. The summed E-state index contributed by atoms with van der Waals surface area (Å²) < 4.78 is 4.77. The van der Waals surface area contributed by atoms with Gasteiger partial charge in [-0.1, -0.05) is 0 Å². The fourth-order valence-electron chi connectivity index (χ4n) is 0.843. The molecule has 0 fully saturated rings. The van der Waals surface area contributed by atoms with Gasteiger partial charge in [-0.25, -0.2) is 9.59 Å². The molecule has 0 saturated heterocycles. The first-order valence-corrected chi connectivity index (χ1v) is 4.25. The van der Waals surface area contributed by atoms with E-state index in [1.54, 1.807) is 13.8 Å². The van der Waals surface area contributed by atoms with E-state index in [1.807, 2.05) is 0 Å². The van der Waals surface area contributed by atoms with Crippen LogP contribution in [0.2, 0.25) is 0 Å². The molecule has 0 aliphatic rings. The van der Waals surface area contributed by atoms with Crippen molar-refractivity contribution in [3.05, 3.63) is 11.8 Å². The molecule has 1 amide bonds.